The number of hydrogen-bond acceptors (Lipinski definition) is 2. The van der Waals surface area contributed by atoms with Crippen molar-refractivity contribution in [1.29, 1.82) is 0 Å². The van der Waals surface area contributed by atoms with E-state index < -0.39 is 11.4 Å². The highest BCUT2D eigenvalue weighted by atomic mass is 32.1. The lowest BCUT2D eigenvalue weighted by atomic mass is 9.99. The van der Waals surface area contributed by atoms with Gasteiger partial charge in [-0.2, -0.15) is 0 Å². The monoisotopic (exact) mass is 267 g/mol. The highest BCUT2D eigenvalue weighted by molar-refractivity contribution is 7.71. The molecule has 1 aromatic carbocycles. The lowest BCUT2D eigenvalue weighted by molar-refractivity contribution is -0.119. The first-order chi connectivity index (χ1) is 8.31. The Morgan fingerprint density at radius 2 is 2.22 bits per heavy atom. The van der Waals surface area contributed by atoms with Crippen LogP contribution in [0.2, 0.25) is 0 Å². The van der Waals surface area contributed by atoms with Crippen molar-refractivity contribution in [3.8, 4) is 0 Å². The van der Waals surface area contributed by atoms with Gasteiger partial charge in [0.25, 0.3) is 0 Å². The Kier molecular flexibility index (Phi) is 2.98. The fraction of sp³-hybridized carbons (Fsp3) is 0.333. The Hall–Kier alpha value is -1.69. The van der Waals surface area contributed by atoms with Crippen LogP contribution in [0.3, 0.4) is 0 Å². The molecule has 4 nitrogen and oxygen atoms in total. The Morgan fingerprint density at radius 3 is 2.83 bits per heavy atom. The number of H-pyrrole nitrogens is 1. The molecular formula is C12H14FN3OS. The number of primary amides is 1. The van der Waals surface area contributed by atoms with Crippen LogP contribution >= 0.6 is 12.2 Å². The largest absolute Gasteiger partial charge is 0.370 e. The number of hydrogen-bond donors (Lipinski definition) is 2. The molecule has 3 N–H and O–H groups in total. The zero-order valence-electron chi connectivity index (χ0n) is 10.2. The van der Waals surface area contributed by atoms with E-state index in [1.54, 1.807) is 10.6 Å². The standard InChI is InChI=1S/C12H14FN3OS/c1-12(2,6-10(14)17)16-9-5-7(13)3-4-8(9)15-11(16)18/h3-5H,6H2,1-2H3,(H2,14,17)(H,15,18). The second-order valence-corrected chi connectivity index (χ2v) is 5.27. The minimum Gasteiger partial charge on any atom is -0.370 e. The Balaban J connectivity index is 2.70. The van der Waals surface area contributed by atoms with Gasteiger partial charge in [-0.25, -0.2) is 4.39 Å². The minimum absolute atomic E-state index is 0.130. The second kappa shape index (κ2) is 4.20. The van der Waals surface area contributed by atoms with E-state index in [1.165, 1.54) is 12.1 Å². The highest BCUT2D eigenvalue weighted by Gasteiger charge is 2.25. The van der Waals surface area contributed by atoms with Crippen LogP contribution < -0.4 is 5.73 Å². The smallest absolute Gasteiger partial charge is 0.219 e. The van der Waals surface area contributed by atoms with Gasteiger partial charge in [-0.05, 0) is 44.3 Å². The molecule has 2 rings (SSSR count). The van der Waals surface area contributed by atoms with Crippen LogP contribution in [0.15, 0.2) is 18.2 Å². The number of imidazole rings is 1. The summed E-state index contributed by atoms with van der Waals surface area (Å²) in [5, 5.41) is 0. The Morgan fingerprint density at radius 1 is 1.56 bits per heavy atom. The summed E-state index contributed by atoms with van der Waals surface area (Å²) in [6, 6.07) is 4.38. The molecule has 0 fully saturated rings. The van der Waals surface area contributed by atoms with Crippen molar-refractivity contribution < 1.29 is 9.18 Å². The Bertz CT molecular complexity index is 672. The van der Waals surface area contributed by atoms with Crippen molar-refractivity contribution in [2.45, 2.75) is 25.8 Å². The van der Waals surface area contributed by atoms with E-state index in [0.717, 1.165) is 5.52 Å². The van der Waals surface area contributed by atoms with Gasteiger partial charge < -0.3 is 15.3 Å². The molecule has 0 aliphatic heterocycles. The quantitative estimate of drug-likeness (QED) is 0.839. The summed E-state index contributed by atoms with van der Waals surface area (Å²) in [5.74, 6) is -0.771. The molecule has 1 amide bonds. The van der Waals surface area contributed by atoms with Gasteiger partial charge in [0.1, 0.15) is 5.82 Å². The van der Waals surface area contributed by atoms with E-state index in [1.807, 2.05) is 13.8 Å². The molecule has 0 radical (unpaired) electrons. The van der Waals surface area contributed by atoms with Crippen LogP contribution in [-0.4, -0.2) is 15.5 Å². The summed E-state index contributed by atoms with van der Waals surface area (Å²) < 4.78 is 15.5. The zero-order valence-corrected chi connectivity index (χ0v) is 11.0. The molecule has 0 atom stereocenters. The number of fused-ring (bicyclic) bond motifs is 1. The molecule has 0 saturated carbocycles. The second-order valence-electron chi connectivity index (χ2n) is 4.88. The number of nitrogens with zero attached hydrogens (tertiary/aromatic N) is 1. The van der Waals surface area contributed by atoms with E-state index >= 15 is 0 Å². The molecule has 0 spiro atoms. The average Bonchev–Trinajstić information content (AvgIpc) is 2.51. The van der Waals surface area contributed by atoms with Gasteiger partial charge in [-0.15, -0.1) is 0 Å². The summed E-state index contributed by atoms with van der Waals surface area (Å²) in [4.78, 5) is 14.1. The van der Waals surface area contributed by atoms with Gasteiger partial charge in [-0.1, -0.05) is 0 Å². The third kappa shape index (κ3) is 2.15. The molecule has 2 aromatic rings. The molecule has 18 heavy (non-hydrogen) atoms. The van der Waals surface area contributed by atoms with E-state index in [-0.39, 0.29) is 12.2 Å². The first-order valence-corrected chi connectivity index (χ1v) is 5.91. The fourth-order valence-corrected chi connectivity index (χ4v) is 2.64. The van der Waals surface area contributed by atoms with Crippen LogP contribution in [0.25, 0.3) is 11.0 Å². The number of rotatable bonds is 3. The molecule has 0 bridgehead atoms. The molecule has 0 aliphatic carbocycles. The van der Waals surface area contributed by atoms with Gasteiger partial charge in [0.15, 0.2) is 4.77 Å². The van der Waals surface area contributed by atoms with Crippen LogP contribution in [0.5, 0.6) is 0 Å². The normalized spacial score (nSPS) is 11.9. The lowest BCUT2D eigenvalue weighted by Gasteiger charge is -2.26. The summed E-state index contributed by atoms with van der Waals surface area (Å²) in [5.41, 5.74) is 6.00. The van der Waals surface area contributed by atoms with Crippen molar-refractivity contribution in [2.24, 2.45) is 5.73 Å². The number of benzene rings is 1. The topological polar surface area (TPSA) is 63.8 Å². The molecule has 0 unspecified atom stereocenters. The third-order valence-corrected chi connectivity index (χ3v) is 3.14. The number of aromatic amines is 1. The molecule has 6 heteroatoms. The van der Waals surface area contributed by atoms with E-state index in [9.17, 15) is 9.18 Å². The summed E-state index contributed by atoms with van der Waals surface area (Å²) in [7, 11) is 0. The number of nitrogens with one attached hydrogen (secondary N) is 1. The molecular weight excluding hydrogens is 253 g/mol. The van der Waals surface area contributed by atoms with Gasteiger partial charge >= 0.3 is 0 Å². The van der Waals surface area contributed by atoms with Crippen LogP contribution in [0.1, 0.15) is 20.3 Å². The lowest BCUT2D eigenvalue weighted by Crippen LogP contribution is -2.32. The summed E-state index contributed by atoms with van der Waals surface area (Å²) in [6.07, 6.45) is 0.130. The molecule has 1 aromatic heterocycles. The number of aromatic nitrogens is 2. The highest BCUT2D eigenvalue weighted by Crippen LogP contribution is 2.26. The predicted octanol–water partition coefficient (Wildman–Crippen LogP) is 2.45. The first-order valence-electron chi connectivity index (χ1n) is 5.50. The van der Waals surface area contributed by atoms with Crippen molar-refractivity contribution in [2.75, 3.05) is 0 Å². The van der Waals surface area contributed by atoms with Crippen molar-refractivity contribution >= 4 is 29.2 Å². The third-order valence-electron chi connectivity index (χ3n) is 2.86. The van der Waals surface area contributed by atoms with E-state index in [4.69, 9.17) is 18.0 Å². The van der Waals surface area contributed by atoms with Gasteiger partial charge in [0, 0.05) is 6.42 Å². The predicted molar refractivity (Wildman–Crippen MR) is 70.2 cm³/mol. The van der Waals surface area contributed by atoms with Crippen molar-refractivity contribution in [1.82, 2.24) is 9.55 Å². The maximum atomic E-state index is 13.3. The SMILES string of the molecule is CC(C)(CC(N)=O)n1c(=S)[nH]c2ccc(F)cc21. The maximum Gasteiger partial charge on any atom is 0.219 e. The zero-order chi connectivity index (χ0) is 13.5. The van der Waals surface area contributed by atoms with Gasteiger partial charge in [-0.3, -0.25) is 4.79 Å². The number of nitrogens with two attached hydrogens (primary N) is 1. The molecule has 0 saturated heterocycles. The van der Waals surface area contributed by atoms with Crippen LogP contribution in [0.4, 0.5) is 4.39 Å². The summed E-state index contributed by atoms with van der Waals surface area (Å²) in [6.45, 7) is 3.68. The molecule has 0 aliphatic rings. The molecule has 1 heterocycles. The number of carbonyl (C=O) groups is 1. The number of carbonyl (C=O) groups excluding carboxylic acids is 1. The Labute approximate surface area is 109 Å². The average molecular weight is 267 g/mol. The summed E-state index contributed by atoms with van der Waals surface area (Å²) >= 11 is 5.23. The fourth-order valence-electron chi connectivity index (χ4n) is 2.18. The van der Waals surface area contributed by atoms with Crippen molar-refractivity contribution in [3.63, 3.8) is 0 Å². The van der Waals surface area contributed by atoms with E-state index in [0.29, 0.717) is 10.3 Å². The van der Waals surface area contributed by atoms with Crippen LogP contribution in [-0.2, 0) is 10.3 Å². The first kappa shape index (κ1) is 12.8. The minimum atomic E-state index is -0.602. The van der Waals surface area contributed by atoms with Crippen LogP contribution in [0, 0.1) is 10.6 Å². The van der Waals surface area contributed by atoms with E-state index in [2.05, 4.69) is 4.98 Å². The number of halogens is 1. The van der Waals surface area contributed by atoms with Gasteiger partial charge in [0.2, 0.25) is 5.91 Å². The van der Waals surface area contributed by atoms with Gasteiger partial charge in [0.05, 0.1) is 16.6 Å². The number of amides is 1. The molecule has 96 valence electrons. The van der Waals surface area contributed by atoms with Crippen molar-refractivity contribution in [3.05, 3.63) is 28.8 Å². The maximum absolute atomic E-state index is 13.3.